The molecule has 1 heterocycles. The zero-order chi connectivity index (χ0) is 10.1. The van der Waals surface area contributed by atoms with Crippen molar-refractivity contribution in [1.29, 1.82) is 0 Å². The SMILES string of the molecule is NNC(=O)[C@]1(O)[CH]OC[C@@H](O)[C@@H]1O. The minimum Gasteiger partial charge on any atom is -0.388 e. The number of hydrazine groups is 1. The highest BCUT2D eigenvalue weighted by molar-refractivity contribution is 5.86. The Balaban J connectivity index is 2.80. The van der Waals surface area contributed by atoms with E-state index in [1.807, 2.05) is 0 Å². The Morgan fingerprint density at radius 1 is 1.69 bits per heavy atom. The quantitative estimate of drug-likeness (QED) is 0.167. The topological polar surface area (TPSA) is 125 Å². The number of carbonyl (C=O) groups excluding carboxylic acids is 1. The molecule has 1 aliphatic heterocycles. The highest BCUT2D eigenvalue weighted by Crippen LogP contribution is 2.23. The van der Waals surface area contributed by atoms with E-state index in [1.165, 1.54) is 0 Å². The Labute approximate surface area is 74.1 Å². The van der Waals surface area contributed by atoms with Crippen LogP contribution in [0.4, 0.5) is 0 Å². The molecule has 0 bridgehead atoms. The Hall–Kier alpha value is -0.730. The molecule has 0 saturated carbocycles. The van der Waals surface area contributed by atoms with Crippen LogP contribution in [0.5, 0.6) is 0 Å². The molecule has 1 fully saturated rings. The van der Waals surface area contributed by atoms with E-state index < -0.39 is 23.7 Å². The monoisotopic (exact) mass is 191 g/mol. The number of hydrogen-bond donors (Lipinski definition) is 5. The summed E-state index contributed by atoms with van der Waals surface area (Å²) >= 11 is 0. The Morgan fingerprint density at radius 3 is 2.85 bits per heavy atom. The van der Waals surface area contributed by atoms with Gasteiger partial charge in [-0.3, -0.25) is 10.2 Å². The first-order valence-electron chi connectivity index (χ1n) is 3.58. The fourth-order valence-electron chi connectivity index (χ4n) is 1.03. The standard InChI is InChI=1S/C6H11N2O5/c7-8-5(11)6(12)2-13-1-3(9)4(6)10/h2-4,9-10,12H,1,7H2,(H,8,11)/t3-,4+,6+/m1/s1. The molecule has 1 aliphatic rings. The summed E-state index contributed by atoms with van der Waals surface area (Å²) in [4.78, 5) is 11.0. The molecule has 1 rings (SSSR count). The fourth-order valence-corrected chi connectivity index (χ4v) is 1.03. The number of amides is 1. The second-order valence-corrected chi connectivity index (χ2v) is 2.76. The first-order chi connectivity index (χ1) is 6.02. The summed E-state index contributed by atoms with van der Waals surface area (Å²) in [7, 11) is 0. The second-order valence-electron chi connectivity index (χ2n) is 2.76. The number of ether oxygens (including phenoxy) is 1. The zero-order valence-corrected chi connectivity index (χ0v) is 6.67. The van der Waals surface area contributed by atoms with Crippen LogP contribution < -0.4 is 11.3 Å². The van der Waals surface area contributed by atoms with E-state index in [2.05, 4.69) is 4.74 Å². The van der Waals surface area contributed by atoms with Crippen molar-refractivity contribution in [2.24, 2.45) is 5.84 Å². The van der Waals surface area contributed by atoms with Gasteiger partial charge in [0.1, 0.15) is 18.8 Å². The fraction of sp³-hybridized carbons (Fsp3) is 0.667. The van der Waals surface area contributed by atoms with Crippen molar-refractivity contribution in [2.75, 3.05) is 6.61 Å². The Morgan fingerprint density at radius 2 is 2.31 bits per heavy atom. The van der Waals surface area contributed by atoms with Gasteiger partial charge in [0.25, 0.3) is 5.91 Å². The Kier molecular flexibility index (Phi) is 2.84. The van der Waals surface area contributed by atoms with E-state index in [9.17, 15) is 15.0 Å². The van der Waals surface area contributed by atoms with E-state index in [4.69, 9.17) is 10.9 Å². The lowest BCUT2D eigenvalue weighted by molar-refractivity contribution is -0.189. The van der Waals surface area contributed by atoms with Gasteiger partial charge in [0.05, 0.1) is 6.61 Å². The summed E-state index contributed by atoms with van der Waals surface area (Å²) in [6.45, 7) is 0.563. The van der Waals surface area contributed by atoms with Gasteiger partial charge in [0.2, 0.25) is 5.60 Å². The molecule has 7 heteroatoms. The van der Waals surface area contributed by atoms with Crippen molar-refractivity contribution in [3.05, 3.63) is 6.61 Å². The van der Waals surface area contributed by atoms with E-state index >= 15 is 0 Å². The molecule has 0 aromatic heterocycles. The van der Waals surface area contributed by atoms with Crippen molar-refractivity contribution in [3.63, 3.8) is 0 Å². The molecular weight excluding hydrogens is 180 g/mol. The van der Waals surface area contributed by atoms with Gasteiger partial charge in [-0.25, -0.2) is 5.84 Å². The average molecular weight is 191 g/mol. The van der Waals surface area contributed by atoms with Crippen LogP contribution in [0.25, 0.3) is 0 Å². The normalized spacial score (nSPS) is 40.0. The van der Waals surface area contributed by atoms with E-state index in [1.54, 1.807) is 5.43 Å². The number of carbonyl (C=O) groups is 1. The van der Waals surface area contributed by atoms with Gasteiger partial charge in [-0.2, -0.15) is 0 Å². The smallest absolute Gasteiger partial charge is 0.271 e. The molecule has 1 amide bonds. The van der Waals surface area contributed by atoms with Crippen LogP contribution in [-0.4, -0.2) is 45.6 Å². The summed E-state index contributed by atoms with van der Waals surface area (Å²) in [5, 5.41) is 27.8. The van der Waals surface area contributed by atoms with Gasteiger partial charge >= 0.3 is 0 Å². The zero-order valence-electron chi connectivity index (χ0n) is 6.67. The molecule has 75 valence electrons. The van der Waals surface area contributed by atoms with Crippen molar-refractivity contribution >= 4 is 5.91 Å². The molecule has 1 radical (unpaired) electrons. The third-order valence-corrected chi connectivity index (χ3v) is 1.84. The molecular formula is C6H11N2O5. The van der Waals surface area contributed by atoms with E-state index in [0.717, 1.165) is 6.61 Å². The Bertz CT molecular complexity index is 211. The molecule has 7 nitrogen and oxygen atoms in total. The molecule has 0 unspecified atom stereocenters. The number of aliphatic hydroxyl groups excluding tert-OH is 2. The molecule has 0 aliphatic carbocycles. The molecule has 0 aromatic carbocycles. The number of nitrogens with one attached hydrogen (secondary N) is 1. The predicted octanol–water partition coefficient (Wildman–Crippen LogP) is -3.38. The maximum absolute atomic E-state index is 11.0. The maximum atomic E-state index is 11.0. The van der Waals surface area contributed by atoms with Crippen LogP contribution >= 0.6 is 0 Å². The third kappa shape index (κ3) is 1.64. The number of hydrogen-bond acceptors (Lipinski definition) is 6. The summed E-state index contributed by atoms with van der Waals surface area (Å²) < 4.78 is 4.59. The largest absolute Gasteiger partial charge is 0.388 e. The first kappa shape index (κ1) is 10.4. The van der Waals surface area contributed by atoms with Crippen molar-refractivity contribution in [3.8, 4) is 0 Å². The van der Waals surface area contributed by atoms with Crippen molar-refractivity contribution in [1.82, 2.24) is 5.43 Å². The molecule has 1 saturated heterocycles. The predicted molar refractivity (Wildman–Crippen MR) is 39.5 cm³/mol. The summed E-state index contributed by atoms with van der Waals surface area (Å²) in [6.07, 6.45) is -2.97. The summed E-state index contributed by atoms with van der Waals surface area (Å²) in [5.41, 5.74) is -0.644. The van der Waals surface area contributed by atoms with Gasteiger partial charge in [-0.1, -0.05) is 0 Å². The van der Waals surface area contributed by atoms with Crippen LogP contribution in [0.15, 0.2) is 0 Å². The van der Waals surface area contributed by atoms with Crippen LogP contribution in [-0.2, 0) is 9.53 Å². The molecule has 13 heavy (non-hydrogen) atoms. The lowest BCUT2D eigenvalue weighted by Gasteiger charge is -2.36. The molecule has 0 aromatic rings. The lowest BCUT2D eigenvalue weighted by atomic mass is 9.91. The lowest BCUT2D eigenvalue weighted by Crippen LogP contribution is -2.63. The van der Waals surface area contributed by atoms with E-state index in [-0.39, 0.29) is 6.61 Å². The van der Waals surface area contributed by atoms with Crippen molar-refractivity contribution < 1.29 is 24.9 Å². The van der Waals surface area contributed by atoms with Crippen molar-refractivity contribution in [2.45, 2.75) is 17.8 Å². The second kappa shape index (κ2) is 3.56. The van der Waals surface area contributed by atoms with Gasteiger partial charge in [0.15, 0.2) is 0 Å². The van der Waals surface area contributed by atoms with Gasteiger partial charge in [-0.15, -0.1) is 0 Å². The minimum absolute atomic E-state index is 0.179. The van der Waals surface area contributed by atoms with Crippen LogP contribution in [0.3, 0.4) is 0 Å². The van der Waals surface area contributed by atoms with Crippen LogP contribution in [0.1, 0.15) is 0 Å². The van der Waals surface area contributed by atoms with Crippen LogP contribution in [0, 0.1) is 6.61 Å². The number of nitrogens with two attached hydrogens (primary N) is 1. The van der Waals surface area contributed by atoms with Gasteiger partial charge in [-0.05, 0) is 0 Å². The van der Waals surface area contributed by atoms with Gasteiger partial charge < -0.3 is 20.1 Å². The molecule has 3 atom stereocenters. The highest BCUT2D eigenvalue weighted by Gasteiger charge is 2.50. The van der Waals surface area contributed by atoms with Crippen LogP contribution in [0.2, 0.25) is 0 Å². The number of rotatable bonds is 1. The summed E-state index contributed by atoms with van der Waals surface area (Å²) in [5.74, 6) is 3.73. The highest BCUT2D eigenvalue weighted by atomic mass is 16.5. The number of aliphatic hydroxyl groups is 3. The summed E-state index contributed by atoms with van der Waals surface area (Å²) in [6, 6.07) is 0. The molecule has 0 spiro atoms. The minimum atomic E-state index is -2.30. The van der Waals surface area contributed by atoms with E-state index in [0.29, 0.717) is 0 Å². The average Bonchev–Trinajstić information content (AvgIpc) is 2.13. The maximum Gasteiger partial charge on any atom is 0.271 e. The van der Waals surface area contributed by atoms with Gasteiger partial charge in [0, 0.05) is 0 Å². The third-order valence-electron chi connectivity index (χ3n) is 1.84. The first-order valence-corrected chi connectivity index (χ1v) is 3.58. The molecule has 6 N–H and O–H groups in total.